The number of morpholine rings is 1. The normalized spacial score (nSPS) is 19.4. The first-order valence-corrected chi connectivity index (χ1v) is 7.27. The molecule has 2 heterocycles. The van der Waals surface area contributed by atoms with Crippen molar-refractivity contribution < 1.29 is 14.3 Å². The molecule has 0 saturated carbocycles. The predicted octanol–water partition coefficient (Wildman–Crippen LogP) is 1.72. The number of carbonyl (C=O) groups is 1. The standard InChI is InChI=1S/C13H19BrN2O3/c1-3-18-13(17)11-6-12(14)16(9(11)2)8-10-7-15-4-5-19-10/h6,10,15H,3-5,7-8H2,1-2H3. The highest BCUT2D eigenvalue weighted by atomic mass is 79.9. The molecule has 1 saturated heterocycles. The molecule has 1 aliphatic rings. The summed E-state index contributed by atoms with van der Waals surface area (Å²) in [7, 11) is 0. The summed E-state index contributed by atoms with van der Waals surface area (Å²) in [5, 5.41) is 3.30. The minimum absolute atomic E-state index is 0.131. The van der Waals surface area contributed by atoms with Gasteiger partial charge in [0.25, 0.3) is 0 Å². The summed E-state index contributed by atoms with van der Waals surface area (Å²) in [4.78, 5) is 11.8. The van der Waals surface area contributed by atoms with E-state index >= 15 is 0 Å². The van der Waals surface area contributed by atoms with Gasteiger partial charge in [-0.25, -0.2) is 4.79 Å². The molecular formula is C13H19BrN2O3. The number of rotatable bonds is 4. The summed E-state index contributed by atoms with van der Waals surface area (Å²) in [5.41, 5.74) is 1.51. The Morgan fingerprint density at radius 1 is 1.68 bits per heavy atom. The largest absolute Gasteiger partial charge is 0.462 e. The van der Waals surface area contributed by atoms with Crippen molar-refractivity contribution in [1.82, 2.24) is 9.88 Å². The van der Waals surface area contributed by atoms with Gasteiger partial charge < -0.3 is 19.4 Å². The third-order valence-corrected chi connectivity index (χ3v) is 3.86. The Bertz CT molecular complexity index is 453. The highest BCUT2D eigenvalue weighted by molar-refractivity contribution is 9.10. The van der Waals surface area contributed by atoms with Crippen LogP contribution >= 0.6 is 15.9 Å². The monoisotopic (exact) mass is 330 g/mol. The van der Waals surface area contributed by atoms with Gasteiger partial charge in [0.05, 0.1) is 36.0 Å². The lowest BCUT2D eigenvalue weighted by Gasteiger charge is -2.25. The van der Waals surface area contributed by atoms with Gasteiger partial charge in [0.15, 0.2) is 0 Å². The minimum atomic E-state index is -0.276. The van der Waals surface area contributed by atoms with Crippen LogP contribution in [-0.2, 0) is 16.0 Å². The van der Waals surface area contributed by atoms with Crippen molar-refractivity contribution in [1.29, 1.82) is 0 Å². The van der Waals surface area contributed by atoms with Crippen molar-refractivity contribution >= 4 is 21.9 Å². The van der Waals surface area contributed by atoms with Crippen LogP contribution < -0.4 is 5.32 Å². The average molecular weight is 331 g/mol. The number of carbonyl (C=O) groups excluding carboxylic acids is 1. The number of nitrogens with one attached hydrogen (secondary N) is 1. The fourth-order valence-electron chi connectivity index (χ4n) is 2.19. The third-order valence-electron chi connectivity index (χ3n) is 3.20. The molecule has 0 spiro atoms. The van der Waals surface area contributed by atoms with E-state index < -0.39 is 0 Å². The van der Waals surface area contributed by atoms with Crippen LogP contribution in [0.3, 0.4) is 0 Å². The topological polar surface area (TPSA) is 52.5 Å². The van der Waals surface area contributed by atoms with Gasteiger partial charge >= 0.3 is 5.97 Å². The van der Waals surface area contributed by atoms with Crippen molar-refractivity contribution in [2.24, 2.45) is 0 Å². The van der Waals surface area contributed by atoms with Crippen molar-refractivity contribution in [3.8, 4) is 0 Å². The Morgan fingerprint density at radius 2 is 2.47 bits per heavy atom. The van der Waals surface area contributed by atoms with Gasteiger partial charge in [-0.3, -0.25) is 0 Å². The van der Waals surface area contributed by atoms with Gasteiger partial charge in [-0.1, -0.05) is 0 Å². The first-order valence-electron chi connectivity index (χ1n) is 6.48. The van der Waals surface area contributed by atoms with E-state index in [-0.39, 0.29) is 12.1 Å². The van der Waals surface area contributed by atoms with Crippen LogP contribution in [0.15, 0.2) is 10.7 Å². The number of esters is 1. The maximum Gasteiger partial charge on any atom is 0.339 e. The van der Waals surface area contributed by atoms with Gasteiger partial charge in [0, 0.05) is 18.8 Å². The summed E-state index contributed by atoms with van der Waals surface area (Å²) in [6.07, 6.45) is 0.131. The summed E-state index contributed by atoms with van der Waals surface area (Å²) in [6, 6.07) is 1.81. The summed E-state index contributed by atoms with van der Waals surface area (Å²) >= 11 is 3.49. The van der Waals surface area contributed by atoms with E-state index in [9.17, 15) is 4.79 Å². The van der Waals surface area contributed by atoms with Crippen LogP contribution in [0.4, 0.5) is 0 Å². The number of nitrogens with zero attached hydrogens (tertiary/aromatic N) is 1. The first-order chi connectivity index (χ1) is 9.13. The summed E-state index contributed by atoms with van der Waals surface area (Å²) in [5.74, 6) is -0.276. The van der Waals surface area contributed by atoms with E-state index in [0.717, 1.165) is 36.5 Å². The van der Waals surface area contributed by atoms with Gasteiger partial charge in [0.2, 0.25) is 0 Å². The lowest BCUT2D eigenvalue weighted by molar-refractivity contribution is 0.0175. The second kappa shape index (κ2) is 6.54. The van der Waals surface area contributed by atoms with Crippen molar-refractivity contribution in [3.05, 3.63) is 21.9 Å². The Balaban J connectivity index is 2.14. The fraction of sp³-hybridized carbons (Fsp3) is 0.615. The van der Waals surface area contributed by atoms with Gasteiger partial charge in [-0.15, -0.1) is 0 Å². The first kappa shape index (κ1) is 14.6. The summed E-state index contributed by atoms with van der Waals surface area (Å²) < 4.78 is 13.7. The Hall–Kier alpha value is -0.850. The molecule has 1 atom stereocenters. The maximum absolute atomic E-state index is 11.8. The number of aromatic nitrogens is 1. The van der Waals surface area contributed by atoms with Crippen molar-refractivity contribution in [2.75, 3.05) is 26.3 Å². The molecule has 1 aromatic heterocycles. The van der Waals surface area contributed by atoms with Crippen molar-refractivity contribution in [2.45, 2.75) is 26.5 Å². The average Bonchev–Trinajstić information content (AvgIpc) is 2.68. The van der Waals surface area contributed by atoms with E-state index in [4.69, 9.17) is 9.47 Å². The second-order valence-corrected chi connectivity index (χ2v) is 5.31. The van der Waals surface area contributed by atoms with Crippen LogP contribution in [0.25, 0.3) is 0 Å². The van der Waals surface area contributed by atoms with Gasteiger partial charge in [-0.05, 0) is 35.8 Å². The van der Waals surface area contributed by atoms with Crippen LogP contribution in [0.2, 0.25) is 0 Å². The molecular weight excluding hydrogens is 312 g/mol. The number of hydrogen-bond donors (Lipinski definition) is 1. The molecule has 0 aliphatic carbocycles. The molecule has 6 heteroatoms. The van der Waals surface area contributed by atoms with E-state index in [1.165, 1.54) is 0 Å². The molecule has 0 aromatic carbocycles. The minimum Gasteiger partial charge on any atom is -0.462 e. The zero-order chi connectivity index (χ0) is 13.8. The van der Waals surface area contributed by atoms with Crippen LogP contribution in [0.1, 0.15) is 23.0 Å². The Labute approximate surface area is 121 Å². The van der Waals surface area contributed by atoms with Crippen LogP contribution in [-0.4, -0.2) is 42.9 Å². The van der Waals surface area contributed by atoms with Gasteiger partial charge in [-0.2, -0.15) is 0 Å². The Kier molecular flexibility index (Phi) is 5.01. The zero-order valence-corrected chi connectivity index (χ0v) is 12.8. The molecule has 0 bridgehead atoms. The lowest BCUT2D eigenvalue weighted by atomic mass is 10.2. The summed E-state index contributed by atoms with van der Waals surface area (Å²) in [6.45, 7) is 7.30. The van der Waals surface area contributed by atoms with E-state index in [2.05, 4.69) is 21.2 Å². The molecule has 1 aliphatic heterocycles. The molecule has 5 nitrogen and oxygen atoms in total. The molecule has 1 unspecified atom stereocenters. The molecule has 0 amide bonds. The second-order valence-electron chi connectivity index (χ2n) is 4.49. The van der Waals surface area contributed by atoms with E-state index in [0.29, 0.717) is 12.2 Å². The zero-order valence-electron chi connectivity index (χ0n) is 11.2. The molecule has 1 fully saturated rings. The highest BCUT2D eigenvalue weighted by Gasteiger charge is 2.21. The third kappa shape index (κ3) is 3.38. The number of ether oxygens (including phenoxy) is 2. The lowest BCUT2D eigenvalue weighted by Crippen LogP contribution is -2.40. The molecule has 1 aromatic rings. The van der Waals surface area contributed by atoms with Crippen molar-refractivity contribution in [3.63, 3.8) is 0 Å². The smallest absolute Gasteiger partial charge is 0.339 e. The Morgan fingerprint density at radius 3 is 3.11 bits per heavy atom. The SMILES string of the molecule is CCOC(=O)c1cc(Br)n(CC2CNCCO2)c1C. The number of hydrogen-bond acceptors (Lipinski definition) is 4. The molecule has 2 rings (SSSR count). The molecule has 0 radical (unpaired) electrons. The highest BCUT2D eigenvalue weighted by Crippen LogP contribution is 2.22. The predicted molar refractivity (Wildman–Crippen MR) is 75.4 cm³/mol. The van der Waals surface area contributed by atoms with E-state index in [1.807, 2.05) is 17.6 Å². The molecule has 19 heavy (non-hydrogen) atoms. The maximum atomic E-state index is 11.8. The number of halogens is 1. The molecule has 106 valence electrons. The quantitative estimate of drug-likeness (QED) is 0.854. The van der Waals surface area contributed by atoms with Crippen LogP contribution in [0, 0.1) is 6.92 Å². The van der Waals surface area contributed by atoms with Gasteiger partial charge in [0.1, 0.15) is 0 Å². The van der Waals surface area contributed by atoms with E-state index in [1.54, 1.807) is 6.92 Å². The fourth-order valence-corrected chi connectivity index (χ4v) is 2.83. The van der Waals surface area contributed by atoms with Crippen LogP contribution in [0.5, 0.6) is 0 Å². The molecule has 1 N–H and O–H groups in total.